The van der Waals surface area contributed by atoms with Crippen LogP contribution in [-0.2, 0) is 0 Å². The summed E-state index contributed by atoms with van der Waals surface area (Å²) in [6, 6.07) is 12.7. The molecule has 2 aromatic rings. The van der Waals surface area contributed by atoms with Crippen LogP contribution in [0.2, 0.25) is 0 Å². The van der Waals surface area contributed by atoms with Crippen molar-refractivity contribution in [2.45, 2.75) is 53.4 Å². The summed E-state index contributed by atoms with van der Waals surface area (Å²) < 4.78 is 1.05. The smallest absolute Gasteiger partial charge is 0.261 e. The molecular formula is C19H20N2O2S2. The molecule has 6 heteroatoms. The minimum Gasteiger partial charge on any atom is -0.347 e. The Labute approximate surface area is 155 Å². The van der Waals surface area contributed by atoms with Crippen LogP contribution in [0.4, 0.5) is 0 Å². The Morgan fingerprint density at radius 1 is 1.24 bits per heavy atom. The molecule has 130 valence electrons. The van der Waals surface area contributed by atoms with Crippen LogP contribution < -0.4 is 10.6 Å². The predicted molar refractivity (Wildman–Crippen MR) is 101 cm³/mol. The van der Waals surface area contributed by atoms with Gasteiger partial charge in [-0.15, -0.1) is 11.3 Å². The maximum absolute atomic E-state index is 12.5. The summed E-state index contributed by atoms with van der Waals surface area (Å²) in [4.78, 5) is 25.8. The molecule has 0 aliphatic carbocycles. The fraction of sp³-hybridized carbons (Fsp3) is 0.368. The third-order valence-corrected chi connectivity index (χ3v) is 7.09. The number of hydrogen-bond donors (Lipinski definition) is 2. The van der Waals surface area contributed by atoms with Crippen molar-refractivity contribution >= 4 is 34.8 Å². The van der Waals surface area contributed by atoms with E-state index in [1.807, 2.05) is 36.4 Å². The van der Waals surface area contributed by atoms with Crippen LogP contribution in [0.5, 0.6) is 0 Å². The molecule has 0 spiro atoms. The van der Waals surface area contributed by atoms with Crippen LogP contribution >= 0.6 is 23.1 Å². The SMILES string of the molecule is CC(=O)c1cccc(Sc2ccc(C(=O)NC3CC4CCC3N4)s2)c1. The monoisotopic (exact) mass is 372 g/mol. The largest absolute Gasteiger partial charge is 0.347 e. The van der Waals surface area contributed by atoms with Gasteiger partial charge in [0.15, 0.2) is 5.78 Å². The highest BCUT2D eigenvalue weighted by Gasteiger charge is 2.39. The van der Waals surface area contributed by atoms with E-state index in [9.17, 15) is 9.59 Å². The van der Waals surface area contributed by atoms with E-state index in [-0.39, 0.29) is 17.7 Å². The minimum atomic E-state index is 0.0219. The maximum Gasteiger partial charge on any atom is 0.261 e. The summed E-state index contributed by atoms with van der Waals surface area (Å²) >= 11 is 3.09. The first kappa shape index (κ1) is 16.8. The standard InChI is InChI=1S/C19H20N2O2S2/c1-11(22)12-3-2-4-14(9-12)24-18-8-7-17(25-18)19(23)21-16-10-13-5-6-15(16)20-13/h2-4,7-9,13,15-16,20H,5-6,10H2,1H3,(H,21,23). The third kappa shape index (κ3) is 3.66. The fourth-order valence-electron chi connectivity index (χ4n) is 3.61. The highest BCUT2D eigenvalue weighted by atomic mass is 32.2. The van der Waals surface area contributed by atoms with Crippen LogP contribution in [0.15, 0.2) is 45.5 Å². The van der Waals surface area contributed by atoms with E-state index in [1.165, 1.54) is 17.8 Å². The van der Waals surface area contributed by atoms with E-state index in [0.717, 1.165) is 26.8 Å². The summed E-state index contributed by atoms with van der Waals surface area (Å²) in [5.41, 5.74) is 0.711. The molecule has 3 unspecified atom stereocenters. The van der Waals surface area contributed by atoms with E-state index >= 15 is 0 Å². The Balaban J connectivity index is 1.40. The first-order chi connectivity index (χ1) is 12.1. The topological polar surface area (TPSA) is 58.2 Å². The lowest BCUT2D eigenvalue weighted by molar-refractivity contribution is 0.0934. The quantitative estimate of drug-likeness (QED) is 0.786. The van der Waals surface area contributed by atoms with Gasteiger partial charge in [0.05, 0.1) is 9.09 Å². The van der Waals surface area contributed by atoms with Gasteiger partial charge in [-0.25, -0.2) is 0 Å². The Morgan fingerprint density at radius 2 is 2.12 bits per heavy atom. The number of hydrogen-bond acceptors (Lipinski definition) is 5. The van der Waals surface area contributed by atoms with E-state index in [0.29, 0.717) is 17.6 Å². The number of carbonyl (C=O) groups excluding carboxylic acids is 2. The lowest BCUT2D eigenvalue weighted by Crippen LogP contribution is -2.42. The number of carbonyl (C=O) groups is 2. The zero-order valence-corrected chi connectivity index (χ0v) is 15.6. The van der Waals surface area contributed by atoms with Crippen LogP contribution in [0.3, 0.4) is 0 Å². The van der Waals surface area contributed by atoms with E-state index < -0.39 is 0 Å². The van der Waals surface area contributed by atoms with E-state index in [2.05, 4.69) is 10.6 Å². The second-order valence-corrected chi connectivity index (χ2v) is 9.13. The Morgan fingerprint density at radius 3 is 2.84 bits per heavy atom. The number of benzene rings is 1. The van der Waals surface area contributed by atoms with Gasteiger partial charge < -0.3 is 10.6 Å². The molecule has 1 aromatic carbocycles. The van der Waals surface area contributed by atoms with Crippen molar-refractivity contribution in [3.63, 3.8) is 0 Å². The molecule has 2 bridgehead atoms. The molecule has 4 nitrogen and oxygen atoms in total. The van der Waals surface area contributed by atoms with Crippen molar-refractivity contribution in [1.82, 2.24) is 10.6 Å². The summed E-state index contributed by atoms with van der Waals surface area (Å²) in [6.45, 7) is 1.57. The number of fused-ring (bicyclic) bond motifs is 2. The van der Waals surface area contributed by atoms with Gasteiger partial charge in [0.2, 0.25) is 0 Å². The lowest BCUT2D eigenvalue weighted by Gasteiger charge is -2.20. The van der Waals surface area contributed by atoms with Crippen molar-refractivity contribution < 1.29 is 9.59 Å². The number of nitrogens with one attached hydrogen (secondary N) is 2. The Kier molecular flexibility index (Phi) is 4.67. The second-order valence-electron chi connectivity index (χ2n) is 6.67. The molecular weight excluding hydrogens is 352 g/mol. The average Bonchev–Trinajstić information content (AvgIpc) is 3.31. The summed E-state index contributed by atoms with van der Waals surface area (Å²) in [6.07, 6.45) is 3.44. The van der Waals surface area contributed by atoms with Crippen molar-refractivity contribution in [1.29, 1.82) is 0 Å². The molecule has 0 saturated carbocycles. The van der Waals surface area contributed by atoms with Gasteiger partial charge in [-0.1, -0.05) is 23.9 Å². The molecule has 1 aromatic heterocycles. The second kappa shape index (κ2) is 6.94. The number of thiophene rings is 1. The molecule has 1 amide bonds. The van der Waals surface area contributed by atoms with Gasteiger partial charge in [0, 0.05) is 28.6 Å². The summed E-state index contributed by atoms with van der Waals surface area (Å²) in [5, 5.41) is 6.73. The maximum atomic E-state index is 12.5. The van der Waals surface area contributed by atoms with Crippen molar-refractivity contribution in [2.24, 2.45) is 0 Å². The Bertz CT molecular complexity index is 817. The van der Waals surface area contributed by atoms with Gasteiger partial charge in [-0.2, -0.15) is 0 Å². The summed E-state index contributed by atoms with van der Waals surface area (Å²) in [5.74, 6) is 0.0851. The average molecular weight is 373 g/mol. The number of Topliss-reactive ketones (excluding diaryl/α,β-unsaturated/α-hetero) is 1. The zero-order chi connectivity index (χ0) is 17.4. The van der Waals surface area contributed by atoms with Crippen LogP contribution in [0.1, 0.15) is 46.2 Å². The highest BCUT2D eigenvalue weighted by molar-refractivity contribution is 8.01. The normalized spacial score (nSPS) is 24.4. The number of ketones is 1. The molecule has 2 N–H and O–H groups in total. The first-order valence-corrected chi connectivity index (χ1v) is 10.2. The van der Waals surface area contributed by atoms with E-state index in [1.54, 1.807) is 18.7 Å². The molecule has 2 saturated heterocycles. The highest BCUT2D eigenvalue weighted by Crippen LogP contribution is 2.34. The van der Waals surface area contributed by atoms with Crippen molar-refractivity contribution in [3.8, 4) is 0 Å². The molecule has 25 heavy (non-hydrogen) atoms. The number of rotatable bonds is 5. The number of amides is 1. The molecule has 3 atom stereocenters. The fourth-order valence-corrected chi connectivity index (χ4v) is 5.68. The first-order valence-electron chi connectivity index (χ1n) is 8.54. The molecule has 2 aliphatic rings. The van der Waals surface area contributed by atoms with E-state index in [4.69, 9.17) is 0 Å². The molecule has 4 rings (SSSR count). The summed E-state index contributed by atoms with van der Waals surface area (Å²) in [7, 11) is 0. The van der Waals surface area contributed by atoms with Crippen LogP contribution in [-0.4, -0.2) is 29.8 Å². The van der Waals surface area contributed by atoms with Gasteiger partial charge in [0.25, 0.3) is 5.91 Å². The Hall–Kier alpha value is -1.63. The lowest BCUT2D eigenvalue weighted by atomic mass is 9.95. The van der Waals surface area contributed by atoms with Gasteiger partial charge in [0.1, 0.15) is 0 Å². The zero-order valence-electron chi connectivity index (χ0n) is 14.0. The van der Waals surface area contributed by atoms with Crippen molar-refractivity contribution in [2.75, 3.05) is 0 Å². The minimum absolute atomic E-state index is 0.0219. The predicted octanol–water partition coefficient (Wildman–Crippen LogP) is 3.72. The van der Waals surface area contributed by atoms with Crippen LogP contribution in [0, 0.1) is 0 Å². The van der Waals surface area contributed by atoms with Crippen LogP contribution in [0.25, 0.3) is 0 Å². The molecule has 3 heterocycles. The molecule has 0 radical (unpaired) electrons. The van der Waals surface area contributed by atoms with Crippen molar-refractivity contribution in [3.05, 3.63) is 46.8 Å². The van der Waals surface area contributed by atoms with Gasteiger partial charge in [-0.05, 0) is 50.5 Å². The molecule has 2 fully saturated rings. The molecule has 2 aliphatic heterocycles. The van der Waals surface area contributed by atoms with Gasteiger partial charge >= 0.3 is 0 Å². The third-order valence-electron chi connectivity index (χ3n) is 4.88. The van der Waals surface area contributed by atoms with Gasteiger partial charge in [-0.3, -0.25) is 9.59 Å².